The van der Waals surface area contributed by atoms with Gasteiger partial charge < -0.3 is 24.8 Å². The van der Waals surface area contributed by atoms with Crippen molar-refractivity contribution in [2.45, 2.75) is 0 Å². The molecule has 3 aromatic rings. The van der Waals surface area contributed by atoms with E-state index in [1.165, 1.54) is 6.20 Å². The van der Waals surface area contributed by atoms with Gasteiger partial charge in [-0.2, -0.15) is 10.1 Å². The second-order valence-electron chi connectivity index (χ2n) is 5.62. The van der Waals surface area contributed by atoms with Gasteiger partial charge in [0, 0.05) is 16.8 Å². The average molecular weight is 386 g/mol. The third kappa shape index (κ3) is 3.95. The van der Waals surface area contributed by atoms with E-state index in [1.54, 1.807) is 25.3 Å². The molecule has 0 atom stereocenters. The van der Waals surface area contributed by atoms with Crippen molar-refractivity contribution in [1.82, 2.24) is 15.2 Å². The lowest BCUT2D eigenvalue weighted by atomic mass is 10.2. The first-order valence-electron chi connectivity index (χ1n) is 8.18. The maximum Gasteiger partial charge on any atom is 0.249 e. The molecule has 0 radical (unpaired) electrons. The van der Waals surface area contributed by atoms with Gasteiger partial charge in [0.2, 0.25) is 5.95 Å². The second kappa shape index (κ2) is 7.55. The lowest BCUT2D eigenvalue weighted by molar-refractivity contribution is 0.171. The fourth-order valence-electron chi connectivity index (χ4n) is 2.58. The highest BCUT2D eigenvalue weighted by Crippen LogP contribution is 2.33. The van der Waals surface area contributed by atoms with Crippen molar-refractivity contribution < 1.29 is 14.2 Å². The third-order valence-corrected chi connectivity index (χ3v) is 4.02. The van der Waals surface area contributed by atoms with Gasteiger partial charge in [0.05, 0.1) is 19.0 Å². The van der Waals surface area contributed by atoms with E-state index >= 15 is 0 Å². The monoisotopic (exact) mass is 385 g/mol. The summed E-state index contributed by atoms with van der Waals surface area (Å²) in [4.78, 5) is 4.41. The van der Waals surface area contributed by atoms with E-state index in [-0.39, 0.29) is 0 Å². The Bertz CT molecular complexity index is 969. The predicted octanol–water partition coefficient (Wildman–Crippen LogP) is 3.79. The number of nitrogens with zero attached hydrogens (tertiary/aromatic N) is 3. The largest absolute Gasteiger partial charge is 0.495 e. The minimum absolute atomic E-state index is 0.331. The molecular weight excluding hydrogens is 370 g/mol. The molecule has 27 heavy (non-hydrogen) atoms. The molecule has 2 heterocycles. The molecule has 0 fully saturated rings. The predicted molar refractivity (Wildman–Crippen MR) is 102 cm³/mol. The van der Waals surface area contributed by atoms with E-state index in [4.69, 9.17) is 25.8 Å². The van der Waals surface area contributed by atoms with Crippen LogP contribution in [-0.2, 0) is 0 Å². The number of hydrogen-bond donors (Lipinski definition) is 2. The number of benzene rings is 2. The van der Waals surface area contributed by atoms with Crippen molar-refractivity contribution >= 4 is 34.7 Å². The van der Waals surface area contributed by atoms with Crippen LogP contribution in [0.5, 0.6) is 17.2 Å². The Kier molecular flexibility index (Phi) is 4.80. The molecule has 0 aliphatic carbocycles. The maximum absolute atomic E-state index is 6.06. The van der Waals surface area contributed by atoms with E-state index in [1.807, 2.05) is 18.2 Å². The number of anilines is 4. The van der Waals surface area contributed by atoms with E-state index < -0.39 is 0 Å². The van der Waals surface area contributed by atoms with E-state index in [0.717, 1.165) is 5.69 Å². The lowest BCUT2D eigenvalue weighted by Gasteiger charge is -2.19. The molecule has 2 aromatic carbocycles. The van der Waals surface area contributed by atoms with Gasteiger partial charge in [-0.25, -0.2) is 0 Å². The van der Waals surface area contributed by atoms with Crippen molar-refractivity contribution in [3.63, 3.8) is 0 Å². The van der Waals surface area contributed by atoms with Gasteiger partial charge >= 0.3 is 0 Å². The van der Waals surface area contributed by atoms with Crippen LogP contribution in [0, 0.1) is 0 Å². The average Bonchev–Trinajstić information content (AvgIpc) is 2.68. The molecule has 0 bridgehead atoms. The summed E-state index contributed by atoms with van der Waals surface area (Å²) in [5.74, 6) is 2.86. The summed E-state index contributed by atoms with van der Waals surface area (Å²) < 4.78 is 16.4. The van der Waals surface area contributed by atoms with Crippen LogP contribution in [-0.4, -0.2) is 35.5 Å². The zero-order chi connectivity index (χ0) is 18.6. The smallest absolute Gasteiger partial charge is 0.249 e. The summed E-state index contributed by atoms with van der Waals surface area (Å²) in [5.41, 5.74) is 1.44. The molecule has 4 rings (SSSR count). The number of ether oxygens (including phenoxy) is 3. The Hall–Kier alpha value is -3.26. The molecular formula is C18H16ClN5O3. The number of rotatable bonds is 5. The third-order valence-electron chi connectivity index (χ3n) is 3.78. The van der Waals surface area contributed by atoms with Gasteiger partial charge in [0.15, 0.2) is 17.3 Å². The van der Waals surface area contributed by atoms with Crippen molar-refractivity contribution in [2.75, 3.05) is 31.0 Å². The SMILES string of the molecule is COc1ccc(Cl)cc1Nc1cnnc(Nc2ccc3c(c2)OCCO3)n1. The van der Waals surface area contributed by atoms with E-state index in [9.17, 15) is 0 Å². The zero-order valence-electron chi connectivity index (χ0n) is 14.4. The standard InChI is InChI=1S/C18H16ClN5O3/c1-25-14-4-2-11(19)8-13(14)22-17-10-20-24-18(23-17)21-12-3-5-15-16(9-12)27-7-6-26-15/h2-5,8-10H,6-7H2,1H3,(H2,21,22,23,24). The minimum Gasteiger partial charge on any atom is -0.495 e. The Morgan fingerprint density at radius 1 is 1.04 bits per heavy atom. The van der Waals surface area contributed by atoms with Gasteiger partial charge in [-0.3, -0.25) is 0 Å². The normalized spacial score (nSPS) is 12.4. The maximum atomic E-state index is 6.06. The van der Waals surface area contributed by atoms with Crippen molar-refractivity contribution in [2.24, 2.45) is 0 Å². The summed E-state index contributed by atoms with van der Waals surface area (Å²) >= 11 is 6.06. The molecule has 0 spiro atoms. The van der Waals surface area contributed by atoms with E-state index in [2.05, 4.69) is 25.8 Å². The lowest BCUT2D eigenvalue weighted by Crippen LogP contribution is -2.15. The molecule has 0 unspecified atom stereocenters. The first-order valence-corrected chi connectivity index (χ1v) is 8.56. The molecule has 1 aliphatic rings. The number of hydrogen-bond acceptors (Lipinski definition) is 8. The number of aromatic nitrogens is 3. The fourth-order valence-corrected chi connectivity index (χ4v) is 2.75. The first-order chi connectivity index (χ1) is 13.2. The highest BCUT2D eigenvalue weighted by atomic mass is 35.5. The highest BCUT2D eigenvalue weighted by molar-refractivity contribution is 6.31. The number of nitrogens with one attached hydrogen (secondary N) is 2. The Morgan fingerprint density at radius 3 is 2.74 bits per heavy atom. The number of halogens is 1. The van der Waals surface area contributed by atoms with Crippen LogP contribution < -0.4 is 24.8 Å². The van der Waals surface area contributed by atoms with Crippen LogP contribution >= 0.6 is 11.6 Å². The van der Waals surface area contributed by atoms with Gasteiger partial charge in [-0.05, 0) is 30.3 Å². The molecule has 2 N–H and O–H groups in total. The summed E-state index contributed by atoms with van der Waals surface area (Å²) in [6, 6.07) is 10.8. The van der Waals surface area contributed by atoms with Crippen molar-refractivity contribution in [1.29, 1.82) is 0 Å². The number of methoxy groups -OCH3 is 1. The van der Waals surface area contributed by atoms with Crippen molar-refractivity contribution in [3.8, 4) is 17.2 Å². The minimum atomic E-state index is 0.331. The van der Waals surface area contributed by atoms with Gasteiger partial charge in [0.1, 0.15) is 19.0 Å². The van der Waals surface area contributed by atoms with Gasteiger partial charge in [0.25, 0.3) is 0 Å². The zero-order valence-corrected chi connectivity index (χ0v) is 15.2. The molecule has 9 heteroatoms. The van der Waals surface area contributed by atoms with Gasteiger partial charge in [-0.1, -0.05) is 11.6 Å². The Labute approximate surface area is 160 Å². The fraction of sp³-hybridized carbons (Fsp3) is 0.167. The van der Waals surface area contributed by atoms with Crippen LogP contribution in [0.4, 0.5) is 23.1 Å². The summed E-state index contributed by atoms with van der Waals surface area (Å²) in [6.07, 6.45) is 1.51. The number of fused-ring (bicyclic) bond motifs is 1. The summed E-state index contributed by atoms with van der Waals surface area (Å²) in [5, 5.41) is 14.8. The van der Waals surface area contributed by atoms with Crippen LogP contribution in [0.15, 0.2) is 42.6 Å². The molecule has 0 amide bonds. The van der Waals surface area contributed by atoms with Crippen molar-refractivity contribution in [3.05, 3.63) is 47.6 Å². The topological polar surface area (TPSA) is 90.4 Å². The van der Waals surface area contributed by atoms with Gasteiger partial charge in [-0.15, -0.1) is 5.10 Å². The summed E-state index contributed by atoms with van der Waals surface area (Å²) in [6.45, 7) is 1.07. The molecule has 8 nitrogen and oxygen atoms in total. The second-order valence-corrected chi connectivity index (χ2v) is 6.05. The molecule has 1 aliphatic heterocycles. The molecule has 1 aromatic heterocycles. The highest BCUT2D eigenvalue weighted by Gasteiger charge is 2.12. The molecule has 0 saturated carbocycles. The molecule has 138 valence electrons. The van der Waals surface area contributed by atoms with Crippen LogP contribution in [0.3, 0.4) is 0 Å². The first kappa shape index (κ1) is 17.2. The van der Waals surface area contributed by atoms with Crippen LogP contribution in [0.2, 0.25) is 5.02 Å². The van der Waals surface area contributed by atoms with Crippen LogP contribution in [0.1, 0.15) is 0 Å². The quantitative estimate of drug-likeness (QED) is 0.685. The Balaban J connectivity index is 1.54. The van der Waals surface area contributed by atoms with E-state index in [0.29, 0.717) is 52.9 Å². The summed E-state index contributed by atoms with van der Waals surface area (Å²) in [7, 11) is 1.58. The molecule has 0 saturated heterocycles. The Morgan fingerprint density at radius 2 is 1.89 bits per heavy atom. The van der Waals surface area contributed by atoms with Crippen LogP contribution in [0.25, 0.3) is 0 Å².